The van der Waals surface area contributed by atoms with Gasteiger partial charge in [0.05, 0.1) is 45.4 Å². The van der Waals surface area contributed by atoms with Crippen LogP contribution in [-0.2, 0) is 71.4 Å². The summed E-state index contributed by atoms with van der Waals surface area (Å²) < 4.78 is 112. The van der Waals surface area contributed by atoms with E-state index < -0.39 is 153 Å². The van der Waals surface area contributed by atoms with Gasteiger partial charge in [-0.3, -0.25) is 56.0 Å². The van der Waals surface area contributed by atoms with Crippen molar-refractivity contribution in [3.05, 3.63) is 62.4 Å². The van der Waals surface area contributed by atoms with E-state index in [9.17, 15) is 67.5 Å². The molecule has 0 radical (unpaired) electrons. The number of phosphoric acid groups is 2. The number of ether oxygens (including phenoxy) is 5. The maximum Gasteiger partial charge on any atom is 0.479 e. The molecule has 3 fully saturated rings. The smallest absolute Gasteiger partial charge is 0.387 e. The Kier molecular flexibility index (Phi) is 17.2. The highest BCUT2D eigenvalue weighted by molar-refractivity contribution is 7.74. The van der Waals surface area contributed by atoms with E-state index in [0.717, 1.165) is 23.2 Å². The molecule has 3 aliphatic rings. The molecule has 0 aromatic carbocycles. The molecule has 16 atom stereocenters. The van der Waals surface area contributed by atoms with E-state index in [4.69, 9.17) is 53.2 Å². The summed E-state index contributed by atoms with van der Waals surface area (Å²) in [5.74, 6) is -2.95. The van der Waals surface area contributed by atoms with Gasteiger partial charge in [0.25, 0.3) is 17.1 Å². The van der Waals surface area contributed by atoms with Gasteiger partial charge in [-0.05, 0) is 6.42 Å². The molecule has 0 amide bonds. The van der Waals surface area contributed by atoms with Gasteiger partial charge in [0.1, 0.15) is 48.5 Å². The molecule has 0 aliphatic carbocycles. The molecule has 0 bridgehead atoms. The number of aryl methyl sites for hydroxylation is 1. The molecule has 76 heavy (non-hydrogen) atoms. The summed E-state index contributed by atoms with van der Waals surface area (Å²) >= 11 is 0. The predicted octanol–water partition coefficient (Wildman–Crippen LogP) is -3.08. The summed E-state index contributed by atoms with van der Waals surface area (Å²) in [4.78, 5) is 100. The third-order valence-electron chi connectivity index (χ3n) is 12.3. The van der Waals surface area contributed by atoms with E-state index in [-0.39, 0.29) is 47.1 Å². The summed E-state index contributed by atoms with van der Waals surface area (Å²) in [5.41, 5.74) is 9.64. The lowest BCUT2D eigenvalue weighted by atomic mass is 9.95. The van der Waals surface area contributed by atoms with Gasteiger partial charge in [-0.25, -0.2) is 37.8 Å². The first kappa shape index (κ1) is 57.6. The molecule has 3 aliphatic heterocycles. The first-order valence-electron chi connectivity index (χ1n) is 22.4. The van der Waals surface area contributed by atoms with E-state index in [0.29, 0.717) is 0 Å². The van der Waals surface area contributed by atoms with Gasteiger partial charge in [-0.15, -0.1) is 0 Å². The Morgan fingerprint density at radius 1 is 0.789 bits per heavy atom. The Morgan fingerprint density at radius 2 is 1.50 bits per heavy atom. The first-order valence-corrected chi connectivity index (χ1v) is 28.9. The Morgan fingerprint density at radius 3 is 2.21 bits per heavy atom. The minimum absolute atomic E-state index is 0.0175. The van der Waals surface area contributed by atoms with Crippen molar-refractivity contribution in [2.24, 2.45) is 13.0 Å². The van der Waals surface area contributed by atoms with Crippen LogP contribution in [0.2, 0.25) is 0 Å². The number of hydrogen-bond donors (Lipinski definition) is 11. The number of aromatic nitrogens is 10. The fourth-order valence-corrected chi connectivity index (χ4v) is 14.9. The number of nitrogen functional groups attached to an aromatic ring is 2. The summed E-state index contributed by atoms with van der Waals surface area (Å²) in [5, 5.41) is 32.7. The van der Waals surface area contributed by atoms with Gasteiger partial charge in [0, 0.05) is 45.4 Å². The molecule has 36 nitrogen and oxygen atoms in total. The number of imidazole rings is 2. The monoisotopic (exact) mass is 1160 g/mol. The highest BCUT2D eigenvalue weighted by Crippen LogP contribution is 2.66. The number of nitrogens with zero attached hydrogens (tertiary/aromatic N) is 8. The molecule has 3 saturated heterocycles. The largest absolute Gasteiger partial charge is 0.479 e. The van der Waals surface area contributed by atoms with Gasteiger partial charge in [0.2, 0.25) is 11.7 Å². The number of hydrogen-bond acceptors (Lipinski definition) is 26. The van der Waals surface area contributed by atoms with Gasteiger partial charge >= 0.3 is 42.2 Å². The van der Waals surface area contributed by atoms with Gasteiger partial charge in [-0.1, -0.05) is 4.98 Å². The first-order chi connectivity index (χ1) is 35.7. The van der Waals surface area contributed by atoms with Gasteiger partial charge < -0.3 is 74.6 Å². The Balaban J connectivity index is 0.916. The molecule has 5 unspecified atom stereocenters. The van der Waals surface area contributed by atoms with Crippen molar-refractivity contribution >= 4 is 64.9 Å². The second kappa shape index (κ2) is 22.6. The Bertz CT molecular complexity index is 3300. The lowest BCUT2D eigenvalue weighted by molar-refractivity contribution is -0.745. The Labute approximate surface area is 425 Å². The molecule has 5 aromatic heterocycles. The molecule has 420 valence electrons. The second-order valence-electron chi connectivity index (χ2n) is 17.4. The standard InChI is InChI=1S/C36H52N12O24P4/c1-45-14-48(30-22(45)31(53)44-35(38)43-30)32-23(50)16(5-8-63-2)18(69-32)10-67-76(61,62)72-74(57,58)15-73(55,56)65-9-6-17-26(27(64-3)34(68-17)47-13-41-21-28(37)39-12-40-29(21)47)71-75(59,60)66-11-19-24(51)25(52)33(70-19)46-7-4-20(49)42-36(46)54/h4,7,12-14,16-19,23-27,32-34,50-52H,5-6,8-11,15H2,1-3H3,(H9-,37,38,39,40,42,43,44,49,53,54,55,56,57,58,59,60,61,62)/p+1/t16-,17-,18-,19-,23-,24-,25-,26-,27-,32?,33-,34-/m1/s1. The second-order valence-corrected chi connectivity index (χ2v) is 24.6. The van der Waals surface area contributed by atoms with E-state index in [1.54, 1.807) is 0 Å². The zero-order valence-electron chi connectivity index (χ0n) is 39.9. The quantitative estimate of drug-likeness (QED) is 0.0228. The van der Waals surface area contributed by atoms with Crippen molar-refractivity contribution in [3.8, 4) is 0 Å². The van der Waals surface area contributed by atoms with Crippen LogP contribution in [0.1, 0.15) is 31.5 Å². The van der Waals surface area contributed by atoms with Crippen LogP contribution in [0.4, 0.5) is 11.8 Å². The highest BCUT2D eigenvalue weighted by atomic mass is 31.3. The zero-order chi connectivity index (χ0) is 55.2. The number of fused-ring (bicyclic) bond motifs is 2. The number of rotatable bonds is 23. The molecular formula is C36H53N12O24P4+. The molecule has 13 N–H and O–H groups in total. The van der Waals surface area contributed by atoms with Crippen molar-refractivity contribution in [2.75, 3.05) is 58.0 Å². The SMILES string of the molecule is COCC[C@@H]1[C@@H](COP(=O)(O)OP(=O)(O)CP(=O)(O)OCC[C@H]2O[C@@H](n3cnc4c(N)ncnc43)[C@H](OC)[C@@H]2OP(=O)(O)OC[C@H]2O[C@@H](n3ccc(=O)[nH]c3=O)[C@H](O)[C@@H]2O)OC([n+]2cn(C)c3c(=O)[nH]c(N)nc32)[C@@H]1O. The van der Waals surface area contributed by atoms with Crippen molar-refractivity contribution in [2.45, 2.75) is 80.4 Å². The summed E-state index contributed by atoms with van der Waals surface area (Å²) in [7, 11) is -17.7. The third-order valence-corrected chi connectivity index (χ3v) is 19.0. The number of H-pyrrole nitrogens is 2. The van der Waals surface area contributed by atoms with Crippen molar-refractivity contribution < 1.29 is 104 Å². The topological polar surface area (TPSA) is 507 Å². The van der Waals surface area contributed by atoms with Crippen LogP contribution in [0.15, 0.2) is 45.6 Å². The minimum atomic E-state index is -5.61. The average molecular weight is 1160 g/mol. The highest BCUT2D eigenvalue weighted by Gasteiger charge is 2.53. The maximum atomic E-state index is 13.6. The number of aromatic amines is 2. The average Bonchev–Trinajstić information content (AvgIpc) is 4.15. The fraction of sp³-hybridized carbons (Fsp3) is 0.611. The number of nitrogens with one attached hydrogen (secondary N) is 2. The number of aliphatic hydroxyl groups is 3. The lowest BCUT2D eigenvalue weighted by Crippen LogP contribution is -2.45. The van der Waals surface area contributed by atoms with Crippen molar-refractivity contribution in [1.29, 1.82) is 0 Å². The summed E-state index contributed by atoms with van der Waals surface area (Å²) in [6, 6.07) is 0.947. The van der Waals surface area contributed by atoms with Crippen LogP contribution in [0.5, 0.6) is 0 Å². The summed E-state index contributed by atoms with van der Waals surface area (Å²) in [6.07, 6.45) is -12.2. The van der Waals surface area contributed by atoms with Crippen LogP contribution >= 0.6 is 30.8 Å². The molecular weight excluding hydrogens is 1110 g/mol. The minimum Gasteiger partial charge on any atom is -0.387 e. The number of nitrogens with two attached hydrogens (primary N) is 2. The van der Waals surface area contributed by atoms with Crippen molar-refractivity contribution in [1.82, 2.24) is 43.6 Å². The van der Waals surface area contributed by atoms with E-state index in [1.165, 1.54) is 47.6 Å². The number of anilines is 2. The fourth-order valence-electron chi connectivity index (χ4n) is 8.88. The zero-order valence-corrected chi connectivity index (χ0v) is 43.4. The van der Waals surface area contributed by atoms with E-state index in [1.807, 2.05) is 4.98 Å². The molecule has 40 heteroatoms. The van der Waals surface area contributed by atoms with Gasteiger partial charge in [0.15, 0.2) is 36.2 Å². The van der Waals surface area contributed by atoms with E-state index >= 15 is 0 Å². The van der Waals surface area contributed by atoms with Crippen LogP contribution in [0.3, 0.4) is 0 Å². The predicted molar refractivity (Wildman–Crippen MR) is 250 cm³/mol. The van der Waals surface area contributed by atoms with Crippen LogP contribution in [0.25, 0.3) is 22.3 Å². The Hall–Kier alpha value is -4.58. The number of aliphatic hydroxyl groups excluding tert-OH is 3. The number of phosphoric ester groups is 2. The summed E-state index contributed by atoms with van der Waals surface area (Å²) in [6.45, 7) is -2.59. The van der Waals surface area contributed by atoms with Crippen molar-refractivity contribution in [3.63, 3.8) is 0 Å². The molecule has 5 aromatic rings. The lowest BCUT2D eigenvalue weighted by Gasteiger charge is -2.26. The molecule has 0 saturated carbocycles. The maximum absolute atomic E-state index is 13.6. The number of methoxy groups -OCH3 is 2. The normalized spacial score (nSPS) is 30.1. The van der Waals surface area contributed by atoms with Crippen LogP contribution in [-0.4, -0.2) is 174 Å². The molecule has 8 heterocycles. The van der Waals surface area contributed by atoms with Gasteiger partial charge in [-0.2, -0.15) is 0 Å². The third kappa shape index (κ3) is 12.5. The van der Waals surface area contributed by atoms with E-state index in [2.05, 4.69) is 29.2 Å². The molecule has 8 rings (SSSR count). The molecule has 0 spiro atoms. The van der Waals surface area contributed by atoms with Crippen LogP contribution < -0.4 is 32.8 Å². The van der Waals surface area contributed by atoms with Crippen LogP contribution in [0, 0.1) is 5.92 Å².